The maximum absolute atomic E-state index is 13.3. The number of sulfonamides is 1. The first-order valence-corrected chi connectivity index (χ1v) is 14.2. The topological polar surface area (TPSA) is 78.0 Å². The van der Waals surface area contributed by atoms with Crippen molar-refractivity contribution in [1.29, 1.82) is 0 Å². The summed E-state index contributed by atoms with van der Waals surface area (Å²) in [6.45, 7) is 8.60. The Morgan fingerprint density at radius 2 is 1.35 bits per heavy atom. The average molecular weight is 490 g/mol. The summed E-state index contributed by atoms with van der Waals surface area (Å²) in [5.41, 5.74) is 2.56. The third-order valence-electron chi connectivity index (χ3n) is 7.99. The van der Waals surface area contributed by atoms with Gasteiger partial charge in [-0.1, -0.05) is 37.0 Å². The Balaban J connectivity index is 1.27. The molecule has 2 saturated heterocycles. The molecule has 1 aromatic rings. The van der Waals surface area contributed by atoms with Gasteiger partial charge in [-0.3, -0.25) is 9.59 Å². The standard InChI is InChI=1S/C26H39N3O4S/c1-19-16-20(2)26(21(3)17-19)34(32,33)29-14-12-27(13-15-29)24(30)8-9-25(31)28-11-10-22-6-4-5-7-23(22)18-28/h16-17,22-23H,4-15,18H2,1-3H3/t22-,23-/m0/s1. The molecule has 2 heterocycles. The fourth-order valence-electron chi connectivity index (χ4n) is 6.24. The summed E-state index contributed by atoms with van der Waals surface area (Å²) in [6, 6.07) is 3.79. The van der Waals surface area contributed by atoms with Crippen LogP contribution in [0, 0.1) is 32.6 Å². The van der Waals surface area contributed by atoms with E-state index in [0.717, 1.165) is 42.1 Å². The minimum Gasteiger partial charge on any atom is -0.342 e. The Kier molecular flexibility index (Phi) is 7.67. The molecule has 4 rings (SSSR count). The Morgan fingerprint density at radius 3 is 1.97 bits per heavy atom. The van der Waals surface area contributed by atoms with E-state index in [1.807, 2.05) is 37.8 Å². The largest absolute Gasteiger partial charge is 0.342 e. The maximum Gasteiger partial charge on any atom is 0.243 e. The van der Waals surface area contributed by atoms with Gasteiger partial charge in [-0.05, 0) is 56.6 Å². The zero-order chi connectivity index (χ0) is 24.5. The number of fused-ring (bicyclic) bond motifs is 1. The van der Waals surface area contributed by atoms with Gasteiger partial charge in [0.2, 0.25) is 21.8 Å². The van der Waals surface area contributed by atoms with Crippen LogP contribution in [-0.4, -0.2) is 73.6 Å². The second-order valence-corrected chi connectivity index (χ2v) is 12.3. The minimum absolute atomic E-state index is 0.0550. The molecule has 34 heavy (non-hydrogen) atoms. The number of aryl methyl sites for hydroxylation is 3. The van der Waals surface area contributed by atoms with Gasteiger partial charge in [0.15, 0.2) is 0 Å². The highest BCUT2D eigenvalue weighted by atomic mass is 32.2. The zero-order valence-corrected chi connectivity index (χ0v) is 21.7. The maximum atomic E-state index is 13.3. The molecule has 2 atom stereocenters. The Morgan fingerprint density at radius 1 is 0.794 bits per heavy atom. The lowest BCUT2D eigenvalue weighted by molar-refractivity contribution is -0.139. The molecular weight excluding hydrogens is 450 g/mol. The summed E-state index contributed by atoms with van der Waals surface area (Å²) in [6.07, 6.45) is 6.66. The highest BCUT2D eigenvalue weighted by Gasteiger charge is 2.34. The van der Waals surface area contributed by atoms with Crippen molar-refractivity contribution < 1.29 is 18.0 Å². The van der Waals surface area contributed by atoms with Crippen LogP contribution in [0.25, 0.3) is 0 Å². The number of carbonyl (C=O) groups excluding carboxylic acids is 2. The van der Waals surface area contributed by atoms with Crippen LogP contribution in [0.4, 0.5) is 0 Å². The normalized spacial score (nSPS) is 24.1. The number of hydrogen-bond donors (Lipinski definition) is 0. The number of benzene rings is 1. The van der Waals surface area contributed by atoms with Crippen LogP contribution in [0.1, 0.15) is 61.6 Å². The van der Waals surface area contributed by atoms with Crippen molar-refractivity contribution in [3.63, 3.8) is 0 Å². The number of carbonyl (C=O) groups is 2. The molecule has 1 aliphatic carbocycles. The number of piperazine rings is 1. The van der Waals surface area contributed by atoms with Crippen LogP contribution in [0.5, 0.6) is 0 Å². The van der Waals surface area contributed by atoms with Gasteiger partial charge in [0, 0.05) is 52.1 Å². The second kappa shape index (κ2) is 10.4. The van der Waals surface area contributed by atoms with Gasteiger partial charge in [-0.2, -0.15) is 4.31 Å². The van der Waals surface area contributed by atoms with Gasteiger partial charge in [0.1, 0.15) is 0 Å². The summed E-state index contributed by atoms with van der Waals surface area (Å²) in [5.74, 6) is 1.45. The van der Waals surface area contributed by atoms with Crippen molar-refractivity contribution >= 4 is 21.8 Å². The van der Waals surface area contributed by atoms with E-state index in [-0.39, 0.29) is 37.7 Å². The lowest BCUT2D eigenvalue weighted by Gasteiger charge is -2.41. The predicted octanol–water partition coefficient (Wildman–Crippen LogP) is 3.26. The fraction of sp³-hybridized carbons (Fsp3) is 0.692. The minimum atomic E-state index is -3.60. The Bertz CT molecular complexity index is 1010. The van der Waals surface area contributed by atoms with Gasteiger partial charge in [0.25, 0.3) is 0 Å². The number of amides is 2. The number of rotatable bonds is 5. The molecule has 3 aliphatic rings. The molecule has 188 valence electrons. The molecule has 3 fully saturated rings. The smallest absolute Gasteiger partial charge is 0.243 e. The molecule has 7 nitrogen and oxygen atoms in total. The number of nitrogens with zero attached hydrogens (tertiary/aromatic N) is 3. The zero-order valence-electron chi connectivity index (χ0n) is 20.9. The molecule has 1 aromatic carbocycles. The molecule has 0 N–H and O–H groups in total. The molecule has 8 heteroatoms. The van der Waals surface area contributed by atoms with Gasteiger partial charge >= 0.3 is 0 Å². The van der Waals surface area contributed by atoms with Gasteiger partial charge in [-0.25, -0.2) is 8.42 Å². The van der Waals surface area contributed by atoms with E-state index in [4.69, 9.17) is 0 Å². The van der Waals surface area contributed by atoms with Crippen LogP contribution in [0.3, 0.4) is 0 Å². The second-order valence-electron chi connectivity index (χ2n) is 10.4. The SMILES string of the molecule is Cc1cc(C)c(S(=O)(=O)N2CCN(C(=O)CCC(=O)N3CC[C@@H]4CCCC[C@H]4C3)CC2)c(C)c1. The van der Waals surface area contributed by atoms with Crippen molar-refractivity contribution in [2.75, 3.05) is 39.3 Å². The van der Waals surface area contributed by atoms with E-state index < -0.39 is 10.0 Å². The van der Waals surface area contributed by atoms with Crippen molar-refractivity contribution in [3.8, 4) is 0 Å². The van der Waals surface area contributed by atoms with Gasteiger partial charge < -0.3 is 9.80 Å². The van der Waals surface area contributed by atoms with Crippen LogP contribution >= 0.6 is 0 Å². The summed E-state index contributed by atoms with van der Waals surface area (Å²) >= 11 is 0. The first-order valence-electron chi connectivity index (χ1n) is 12.8. The van der Waals surface area contributed by atoms with Crippen LogP contribution in [0.15, 0.2) is 17.0 Å². The third kappa shape index (κ3) is 5.33. The van der Waals surface area contributed by atoms with Crippen molar-refractivity contribution in [3.05, 3.63) is 28.8 Å². The molecule has 0 unspecified atom stereocenters. The molecular formula is C26H39N3O4S. The highest BCUT2D eigenvalue weighted by molar-refractivity contribution is 7.89. The monoisotopic (exact) mass is 489 g/mol. The first kappa shape index (κ1) is 25.2. The van der Waals surface area contributed by atoms with Crippen molar-refractivity contribution in [2.24, 2.45) is 11.8 Å². The molecule has 2 amide bonds. The molecule has 0 radical (unpaired) electrons. The summed E-state index contributed by atoms with van der Waals surface area (Å²) < 4.78 is 28.0. The Hall–Kier alpha value is -1.93. The van der Waals surface area contributed by atoms with Crippen LogP contribution < -0.4 is 0 Å². The third-order valence-corrected chi connectivity index (χ3v) is 10.2. The molecule has 1 saturated carbocycles. The predicted molar refractivity (Wildman–Crippen MR) is 132 cm³/mol. The summed E-state index contributed by atoms with van der Waals surface area (Å²) in [7, 11) is -3.60. The summed E-state index contributed by atoms with van der Waals surface area (Å²) in [5, 5.41) is 0. The van der Waals surface area contributed by atoms with Crippen LogP contribution in [-0.2, 0) is 19.6 Å². The van der Waals surface area contributed by atoms with E-state index in [2.05, 4.69) is 0 Å². The van der Waals surface area contributed by atoms with E-state index in [1.54, 1.807) is 4.90 Å². The van der Waals surface area contributed by atoms with E-state index in [9.17, 15) is 18.0 Å². The quantitative estimate of drug-likeness (QED) is 0.636. The molecule has 2 aliphatic heterocycles. The lowest BCUT2D eigenvalue weighted by atomic mass is 9.75. The van der Waals surface area contributed by atoms with Crippen LogP contribution in [0.2, 0.25) is 0 Å². The van der Waals surface area contributed by atoms with Gasteiger partial charge in [-0.15, -0.1) is 0 Å². The molecule has 0 bridgehead atoms. The van der Waals surface area contributed by atoms with E-state index in [1.165, 1.54) is 30.0 Å². The Labute approximate surface area is 204 Å². The number of hydrogen-bond acceptors (Lipinski definition) is 4. The lowest BCUT2D eigenvalue weighted by Crippen LogP contribution is -2.51. The fourth-order valence-corrected chi connectivity index (χ4v) is 8.07. The average Bonchev–Trinajstić information content (AvgIpc) is 2.81. The molecule has 0 spiro atoms. The molecule has 0 aromatic heterocycles. The number of piperidine rings is 1. The first-order chi connectivity index (χ1) is 16.2. The highest BCUT2D eigenvalue weighted by Crippen LogP contribution is 2.36. The summed E-state index contributed by atoms with van der Waals surface area (Å²) in [4.78, 5) is 29.6. The van der Waals surface area contributed by atoms with Gasteiger partial charge in [0.05, 0.1) is 4.90 Å². The number of likely N-dealkylation sites (tertiary alicyclic amines) is 1. The van der Waals surface area contributed by atoms with Crippen molar-refractivity contribution in [1.82, 2.24) is 14.1 Å². The van der Waals surface area contributed by atoms with E-state index in [0.29, 0.717) is 23.9 Å². The van der Waals surface area contributed by atoms with E-state index >= 15 is 0 Å². The van der Waals surface area contributed by atoms with Crippen molar-refractivity contribution in [2.45, 2.75) is 70.6 Å².